The van der Waals surface area contributed by atoms with Crippen molar-refractivity contribution in [1.82, 2.24) is 0 Å². The zero-order valence-corrected chi connectivity index (χ0v) is 11.5. The van der Waals surface area contributed by atoms with Crippen molar-refractivity contribution in [2.24, 2.45) is 0 Å². The van der Waals surface area contributed by atoms with E-state index < -0.39 is 9.05 Å². The van der Waals surface area contributed by atoms with Crippen LogP contribution in [0.5, 0.6) is 0 Å². The van der Waals surface area contributed by atoms with E-state index in [1.807, 2.05) is 0 Å². The predicted octanol–water partition coefficient (Wildman–Crippen LogP) is -5.87. The van der Waals surface area contributed by atoms with E-state index in [0.717, 1.165) is 0 Å². The maximum Gasteiger partial charge on any atom is 1.00 e. The topological polar surface area (TPSA) is 80.9 Å². The van der Waals surface area contributed by atoms with Gasteiger partial charge in [0.05, 0.1) is 0 Å². The minimum absolute atomic E-state index is 0. The zero-order chi connectivity index (χ0) is 4.50. The van der Waals surface area contributed by atoms with Crippen LogP contribution in [0.3, 0.4) is 0 Å². The first-order chi connectivity index (χ1) is 2.00. The first kappa shape index (κ1) is 16.7. The Morgan fingerprint density at radius 3 is 1.00 bits per heavy atom. The van der Waals surface area contributed by atoms with Crippen LogP contribution >= 0.6 is 0 Å². The second-order valence-corrected chi connectivity index (χ2v) is 1.80. The molecule has 0 bridgehead atoms. The molecule has 0 spiro atoms. The Bertz CT molecular complexity index is 29.5. The summed E-state index contributed by atoms with van der Waals surface area (Å²) in [4.78, 5) is 29.3. The average Bonchev–Trinajstić information content (AvgIpc) is 0.722. The molecule has 1 radical (unpaired) electrons. The minimum Gasteiger partial charge on any atom is -1.00 e. The molecule has 0 heterocycles. The second-order valence-electron chi connectivity index (χ2n) is 0.600. The molecule has 4 nitrogen and oxygen atoms in total. The first-order valence-corrected chi connectivity index (χ1v) is 2.68. The molecule has 0 aliphatic heterocycles. The van der Waals surface area contributed by atoms with Crippen LogP contribution in [0.2, 0.25) is 0 Å². The van der Waals surface area contributed by atoms with E-state index in [4.69, 9.17) is 19.2 Å². The van der Waals surface area contributed by atoms with Gasteiger partial charge < -0.3 is 20.6 Å². The normalized spacial score (nSPS) is 8.57. The van der Waals surface area contributed by atoms with Crippen LogP contribution in [-0.4, -0.2) is 79.6 Å². The number of hydrogen-bond donors (Lipinski definition) is 4. The van der Waals surface area contributed by atoms with E-state index in [1.54, 1.807) is 0 Å². The predicted molar refractivity (Wildman–Crippen MR) is 21.5 cm³/mol. The summed E-state index contributed by atoms with van der Waals surface area (Å²) in [7, 11) is -4.61. The molecule has 0 fully saturated rings. The van der Waals surface area contributed by atoms with Gasteiger partial charge in [0.15, 0.2) is 0 Å². The molecule has 0 unspecified atom stereocenters. The van der Waals surface area contributed by atoms with Crippen molar-refractivity contribution >= 4 is 60.4 Å². The van der Waals surface area contributed by atoms with E-state index in [2.05, 4.69) is 0 Å². The van der Waals surface area contributed by atoms with E-state index in [1.165, 1.54) is 0 Å². The van der Waals surface area contributed by atoms with Gasteiger partial charge in [0.1, 0.15) is 0 Å². The van der Waals surface area contributed by atoms with Crippen molar-refractivity contribution in [3.05, 3.63) is 0 Å². The third-order valence-electron chi connectivity index (χ3n) is 0. The molecule has 0 rings (SSSR count). The molecule has 0 aromatic carbocycles. The molecular weight excluding hydrogens is 170 g/mol. The minimum atomic E-state index is -4.61. The monoisotopic (exact) mass is 175 g/mol. The van der Waals surface area contributed by atoms with Crippen LogP contribution in [0.1, 0.15) is 1.43 Å². The van der Waals surface area contributed by atoms with Gasteiger partial charge in [-0.2, -0.15) is 0 Å². The van der Waals surface area contributed by atoms with Gasteiger partial charge in [0.25, 0.3) is 0 Å². The number of rotatable bonds is 0. The molecule has 0 aromatic heterocycles. The van der Waals surface area contributed by atoms with E-state index in [-0.39, 0.29) is 104 Å². The summed E-state index contributed by atoms with van der Waals surface area (Å²) < 4.78 is 0. The van der Waals surface area contributed by atoms with Crippen LogP contribution in [0.4, 0.5) is 0 Å². The maximum atomic E-state index is 7.33. The van der Waals surface area contributed by atoms with Crippen molar-refractivity contribution in [2.75, 3.05) is 0 Å². The van der Waals surface area contributed by atoms with Gasteiger partial charge >= 0.3 is 60.4 Å². The Hall–Kier alpha value is 3.33. The molecule has 0 atom stereocenters. The Kier molecular flexibility index (Phi) is 17.8. The van der Waals surface area contributed by atoms with Crippen LogP contribution in [0.25, 0.3) is 0 Å². The molecule has 7 heavy (non-hydrogen) atoms. The van der Waals surface area contributed by atoms with Gasteiger partial charge in [-0.25, -0.2) is 0 Å². The largest absolute Gasteiger partial charge is 1.00 e. The molecule has 35 valence electrons. The van der Waals surface area contributed by atoms with E-state index in [0.29, 0.717) is 0 Å². The Morgan fingerprint density at radius 2 is 1.00 bits per heavy atom. The number of hydrogen-bond acceptors (Lipinski definition) is 4. The van der Waals surface area contributed by atoms with Gasteiger partial charge in [-0.1, -0.05) is 0 Å². The molecule has 4 N–H and O–H groups in total. The standard InChI is InChI=1S/2K.H4O4Si.H/c;;1-5(2,3)4;/h;;1-4H;/q;+1;;-1. The van der Waals surface area contributed by atoms with Gasteiger partial charge in [-0.05, 0) is 0 Å². The van der Waals surface area contributed by atoms with Crippen LogP contribution in [-0.2, 0) is 0 Å². The quantitative estimate of drug-likeness (QED) is 0.276. The molecular formula is H5K2O4Si. The Balaban J connectivity index is -0.0000000267. The van der Waals surface area contributed by atoms with Crippen LogP contribution in [0, 0.1) is 0 Å². The van der Waals surface area contributed by atoms with Crippen molar-refractivity contribution in [3.8, 4) is 0 Å². The van der Waals surface area contributed by atoms with Crippen LogP contribution < -0.4 is 51.4 Å². The average molecular weight is 175 g/mol. The molecule has 0 aliphatic rings. The second kappa shape index (κ2) is 7.44. The summed E-state index contributed by atoms with van der Waals surface area (Å²) in [6, 6.07) is 0. The fraction of sp³-hybridized carbons (Fsp3) is 0. The Labute approximate surface area is 129 Å². The molecule has 0 aliphatic carbocycles. The van der Waals surface area contributed by atoms with Gasteiger partial charge in [-0.15, -0.1) is 0 Å². The van der Waals surface area contributed by atoms with Gasteiger partial charge in [0, 0.05) is 51.4 Å². The van der Waals surface area contributed by atoms with E-state index in [9.17, 15) is 0 Å². The molecule has 0 aromatic rings. The maximum absolute atomic E-state index is 7.33. The zero-order valence-electron chi connectivity index (χ0n) is 5.29. The van der Waals surface area contributed by atoms with Crippen molar-refractivity contribution in [3.63, 3.8) is 0 Å². The summed E-state index contributed by atoms with van der Waals surface area (Å²) in [5, 5.41) is 0. The van der Waals surface area contributed by atoms with Crippen molar-refractivity contribution in [1.29, 1.82) is 0 Å². The third-order valence-corrected chi connectivity index (χ3v) is 0. The third kappa shape index (κ3) is 45.2. The van der Waals surface area contributed by atoms with Crippen LogP contribution in [0.15, 0.2) is 0 Å². The summed E-state index contributed by atoms with van der Waals surface area (Å²) >= 11 is 0. The van der Waals surface area contributed by atoms with Crippen molar-refractivity contribution in [2.45, 2.75) is 0 Å². The van der Waals surface area contributed by atoms with Gasteiger partial charge in [-0.3, -0.25) is 0 Å². The van der Waals surface area contributed by atoms with E-state index >= 15 is 0 Å². The SMILES string of the molecule is O[Si](O)(O)O.[H-].[K+].[K]. The summed E-state index contributed by atoms with van der Waals surface area (Å²) in [6.07, 6.45) is 0. The fourth-order valence-corrected chi connectivity index (χ4v) is 0. The first-order valence-electron chi connectivity index (χ1n) is 0.894. The van der Waals surface area contributed by atoms with Crippen molar-refractivity contribution < 1.29 is 72.0 Å². The van der Waals surface area contributed by atoms with Gasteiger partial charge in [0.2, 0.25) is 0 Å². The molecule has 0 amide bonds. The summed E-state index contributed by atoms with van der Waals surface area (Å²) in [6.45, 7) is 0. The molecule has 0 saturated heterocycles. The fourth-order valence-electron chi connectivity index (χ4n) is 0. The summed E-state index contributed by atoms with van der Waals surface area (Å²) in [5.74, 6) is 0. The smallest absolute Gasteiger partial charge is 1.00 e. The molecule has 0 saturated carbocycles. The Morgan fingerprint density at radius 1 is 1.00 bits per heavy atom. The summed E-state index contributed by atoms with van der Waals surface area (Å²) in [5.41, 5.74) is 0. The molecule has 7 heteroatoms.